The van der Waals surface area contributed by atoms with Crippen LogP contribution >= 0.6 is 11.3 Å². The van der Waals surface area contributed by atoms with Crippen molar-refractivity contribution in [3.05, 3.63) is 40.2 Å². The molecule has 0 aliphatic carbocycles. The zero-order valence-corrected chi connectivity index (χ0v) is 11.7. The van der Waals surface area contributed by atoms with Gasteiger partial charge in [-0.15, -0.1) is 21.5 Å². The van der Waals surface area contributed by atoms with Crippen LogP contribution in [0, 0.1) is 0 Å². The molecule has 100 valence electrons. The third kappa shape index (κ3) is 3.75. The highest BCUT2D eigenvalue weighted by Crippen LogP contribution is 2.10. The van der Waals surface area contributed by atoms with Crippen molar-refractivity contribution in [1.82, 2.24) is 10.2 Å². The summed E-state index contributed by atoms with van der Waals surface area (Å²) in [7, 11) is 3.73. The number of nitrogens with zero attached hydrogens (tertiary/aromatic N) is 3. The topological polar surface area (TPSA) is 55.3 Å². The van der Waals surface area contributed by atoms with E-state index in [1.807, 2.05) is 36.5 Å². The van der Waals surface area contributed by atoms with Crippen LogP contribution in [0.1, 0.15) is 15.4 Å². The number of hydrogen-bond donors (Lipinski definition) is 0. The Hall–Kier alpha value is -1.95. The second kappa shape index (κ2) is 6.29. The fourth-order valence-electron chi connectivity index (χ4n) is 1.45. The number of thiophene rings is 1. The van der Waals surface area contributed by atoms with Crippen molar-refractivity contribution < 1.29 is 9.53 Å². The molecular weight excluding hydrogens is 262 g/mol. The van der Waals surface area contributed by atoms with Crippen molar-refractivity contribution in [2.75, 3.05) is 25.6 Å². The summed E-state index contributed by atoms with van der Waals surface area (Å²) in [6, 6.07) is 7.36. The Labute approximate surface area is 115 Å². The molecule has 0 unspecified atom stereocenters. The molecule has 0 amide bonds. The van der Waals surface area contributed by atoms with Gasteiger partial charge in [0.2, 0.25) is 0 Å². The van der Waals surface area contributed by atoms with E-state index in [-0.39, 0.29) is 5.69 Å². The van der Waals surface area contributed by atoms with Crippen LogP contribution in [-0.4, -0.2) is 36.9 Å². The maximum atomic E-state index is 11.7. The van der Waals surface area contributed by atoms with Crippen LogP contribution in [-0.2, 0) is 11.2 Å². The Morgan fingerprint density at radius 3 is 2.74 bits per heavy atom. The lowest BCUT2D eigenvalue weighted by molar-refractivity contribution is 0.0502. The van der Waals surface area contributed by atoms with Crippen molar-refractivity contribution in [3.63, 3.8) is 0 Å². The Morgan fingerprint density at radius 1 is 1.32 bits per heavy atom. The molecule has 2 aromatic heterocycles. The van der Waals surface area contributed by atoms with E-state index in [1.54, 1.807) is 23.5 Å². The summed E-state index contributed by atoms with van der Waals surface area (Å²) in [6.07, 6.45) is 0.729. The van der Waals surface area contributed by atoms with Gasteiger partial charge in [-0.1, -0.05) is 6.07 Å². The molecule has 0 aromatic carbocycles. The van der Waals surface area contributed by atoms with Gasteiger partial charge in [-0.25, -0.2) is 4.79 Å². The number of esters is 1. The Bertz CT molecular complexity index is 523. The van der Waals surface area contributed by atoms with Crippen LogP contribution in [0.15, 0.2) is 29.6 Å². The van der Waals surface area contributed by atoms with Gasteiger partial charge in [0.15, 0.2) is 11.5 Å². The standard InChI is InChI=1S/C13H15N3O2S/c1-16(2)12-6-5-11(14-15-12)13(17)18-8-7-10-4-3-9-19-10/h3-6,9H,7-8H2,1-2H3. The summed E-state index contributed by atoms with van der Waals surface area (Å²) in [5.74, 6) is 0.268. The average Bonchev–Trinajstić information content (AvgIpc) is 2.92. The fourth-order valence-corrected chi connectivity index (χ4v) is 2.14. The molecule has 0 fully saturated rings. The van der Waals surface area contributed by atoms with Gasteiger partial charge in [-0.3, -0.25) is 0 Å². The van der Waals surface area contributed by atoms with Gasteiger partial charge in [0.1, 0.15) is 0 Å². The van der Waals surface area contributed by atoms with E-state index >= 15 is 0 Å². The number of hydrogen-bond acceptors (Lipinski definition) is 6. The molecule has 2 rings (SSSR count). The largest absolute Gasteiger partial charge is 0.461 e. The molecule has 2 heterocycles. The third-order valence-electron chi connectivity index (χ3n) is 2.48. The van der Waals surface area contributed by atoms with Crippen LogP contribution < -0.4 is 4.90 Å². The molecule has 19 heavy (non-hydrogen) atoms. The summed E-state index contributed by atoms with van der Waals surface area (Å²) in [5.41, 5.74) is 0.233. The molecule has 6 heteroatoms. The number of carbonyl (C=O) groups is 1. The average molecular weight is 277 g/mol. The van der Waals surface area contributed by atoms with Crippen LogP contribution in [0.3, 0.4) is 0 Å². The third-order valence-corrected chi connectivity index (χ3v) is 3.42. The van der Waals surface area contributed by atoms with Crippen molar-refractivity contribution >= 4 is 23.1 Å². The molecule has 2 aromatic rings. The van der Waals surface area contributed by atoms with Crippen LogP contribution in [0.5, 0.6) is 0 Å². The molecule has 0 saturated heterocycles. The van der Waals surface area contributed by atoms with E-state index in [2.05, 4.69) is 10.2 Å². The second-order valence-electron chi connectivity index (χ2n) is 4.14. The zero-order valence-electron chi connectivity index (χ0n) is 10.9. The van der Waals surface area contributed by atoms with Gasteiger partial charge in [-0.05, 0) is 23.6 Å². The van der Waals surface area contributed by atoms with Crippen molar-refractivity contribution in [2.24, 2.45) is 0 Å². The van der Waals surface area contributed by atoms with E-state index in [0.717, 1.165) is 6.42 Å². The molecule has 0 aliphatic heterocycles. The van der Waals surface area contributed by atoms with E-state index in [4.69, 9.17) is 4.74 Å². The summed E-state index contributed by atoms with van der Waals surface area (Å²) >= 11 is 1.65. The lowest BCUT2D eigenvalue weighted by atomic mass is 10.3. The minimum absolute atomic E-state index is 0.233. The zero-order chi connectivity index (χ0) is 13.7. The van der Waals surface area contributed by atoms with Crippen molar-refractivity contribution in [1.29, 1.82) is 0 Å². The van der Waals surface area contributed by atoms with Crippen LogP contribution in [0.2, 0.25) is 0 Å². The minimum Gasteiger partial charge on any atom is -0.461 e. The van der Waals surface area contributed by atoms with E-state index < -0.39 is 5.97 Å². The highest BCUT2D eigenvalue weighted by Gasteiger charge is 2.10. The van der Waals surface area contributed by atoms with Crippen LogP contribution in [0.25, 0.3) is 0 Å². The van der Waals surface area contributed by atoms with Crippen LogP contribution in [0.4, 0.5) is 5.82 Å². The predicted molar refractivity (Wildman–Crippen MR) is 74.7 cm³/mol. The van der Waals surface area contributed by atoms with Gasteiger partial charge < -0.3 is 9.64 Å². The number of rotatable bonds is 5. The first-order valence-corrected chi connectivity index (χ1v) is 6.75. The Kier molecular flexibility index (Phi) is 4.46. The van der Waals surface area contributed by atoms with Gasteiger partial charge in [0, 0.05) is 25.4 Å². The number of aromatic nitrogens is 2. The summed E-state index contributed by atoms with van der Waals surface area (Å²) in [6.45, 7) is 0.358. The lowest BCUT2D eigenvalue weighted by Crippen LogP contribution is -2.14. The smallest absolute Gasteiger partial charge is 0.358 e. The van der Waals surface area contributed by atoms with E-state index in [9.17, 15) is 4.79 Å². The monoisotopic (exact) mass is 277 g/mol. The molecule has 0 atom stereocenters. The Morgan fingerprint density at radius 2 is 2.16 bits per heavy atom. The van der Waals surface area contributed by atoms with Crippen molar-refractivity contribution in [2.45, 2.75) is 6.42 Å². The molecule has 0 spiro atoms. The van der Waals surface area contributed by atoms with Gasteiger partial charge in [-0.2, -0.15) is 0 Å². The molecule has 0 bridgehead atoms. The van der Waals surface area contributed by atoms with Gasteiger partial charge >= 0.3 is 5.97 Å². The molecule has 0 N–H and O–H groups in total. The maximum absolute atomic E-state index is 11.7. The second-order valence-corrected chi connectivity index (χ2v) is 5.17. The Balaban J connectivity index is 1.85. The predicted octanol–water partition coefficient (Wildman–Crippen LogP) is 2.00. The first kappa shape index (κ1) is 13.5. The number of anilines is 1. The first-order chi connectivity index (χ1) is 9.16. The summed E-state index contributed by atoms with van der Waals surface area (Å²) < 4.78 is 5.15. The van der Waals surface area contributed by atoms with Gasteiger partial charge in [0.25, 0.3) is 0 Å². The maximum Gasteiger partial charge on any atom is 0.358 e. The quantitative estimate of drug-likeness (QED) is 0.782. The molecular formula is C13H15N3O2S. The highest BCUT2D eigenvalue weighted by molar-refractivity contribution is 7.09. The molecule has 5 nitrogen and oxygen atoms in total. The SMILES string of the molecule is CN(C)c1ccc(C(=O)OCCc2cccs2)nn1. The number of carbonyl (C=O) groups excluding carboxylic acids is 1. The first-order valence-electron chi connectivity index (χ1n) is 5.87. The molecule has 0 radical (unpaired) electrons. The van der Waals surface area contributed by atoms with Crippen molar-refractivity contribution in [3.8, 4) is 0 Å². The molecule has 0 aliphatic rings. The number of ether oxygens (including phenoxy) is 1. The molecule has 0 saturated carbocycles. The normalized spacial score (nSPS) is 10.2. The fraction of sp³-hybridized carbons (Fsp3) is 0.308. The highest BCUT2D eigenvalue weighted by atomic mass is 32.1. The lowest BCUT2D eigenvalue weighted by Gasteiger charge is -2.09. The van der Waals surface area contributed by atoms with E-state index in [0.29, 0.717) is 12.4 Å². The summed E-state index contributed by atoms with van der Waals surface area (Å²) in [5, 5.41) is 9.79. The summed E-state index contributed by atoms with van der Waals surface area (Å²) in [4.78, 5) is 14.7. The minimum atomic E-state index is -0.436. The van der Waals surface area contributed by atoms with Gasteiger partial charge in [0.05, 0.1) is 6.61 Å². The van der Waals surface area contributed by atoms with E-state index in [1.165, 1.54) is 4.88 Å².